The molecular formula is C21H16O2S. The number of benzene rings is 3. The van der Waals surface area contributed by atoms with Gasteiger partial charge in [-0.15, -0.1) is 11.8 Å². The first kappa shape index (κ1) is 15.0. The smallest absolute Gasteiger partial charge is 0.184 e. The van der Waals surface area contributed by atoms with Crippen molar-refractivity contribution in [1.29, 1.82) is 0 Å². The molecule has 0 fully saturated rings. The Morgan fingerprint density at radius 1 is 0.750 bits per heavy atom. The SMILES string of the molecule is O=C1c2ccccc2O[C@@H](c2ccccc2)[C@H]1Sc1ccccc1. The third kappa shape index (κ3) is 2.83. The van der Waals surface area contributed by atoms with E-state index in [4.69, 9.17) is 4.74 Å². The van der Waals surface area contributed by atoms with E-state index in [9.17, 15) is 4.79 Å². The normalized spacial score (nSPS) is 19.4. The lowest BCUT2D eigenvalue weighted by atomic mass is 9.96. The Labute approximate surface area is 145 Å². The summed E-state index contributed by atoms with van der Waals surface area (Å²) in [6.07, 6.45) is -0.293. The molecule has 1 aliphatic heterocycles. The topological polar surface area (TPSA) is 26.3 Å². The van der Waals surface area contributed by atoms with Crippen molar-refractivity contribution in [3.63, 3.8) is 0 Å². The van der Waals surface area contributed by atoms with Crippen LogP contribution in [0.25, 0.3) is 0 Å². The molecule has 3 aromatic carbocycles. The van der Waals surface area contributed by atoms with Gasteiger partial charge < -0.3 is 4.74 Å². The number of thioether (sulfide) groups is 1. The van der Waals surface area contributed by atoms with Crippen LogP contribution in [0, 0.1) is 0 Å². The third-order valence-electron chi connectivity index (χ3n) is 4.07. The van der Waals surface area contributed by atoms with E-state index in [1.807, 2.05) is 84.9 Å². The summed E-state index contributed by atoms with van der Waals surface area (Å²) in [6.45, 7) is 0. The summed E-state index contributed by atoms with van der Waals surface area (Å²) < 4.78 is 6.23. The van der Waals surface area contributed by atoms with E-state index in [1.165, 1.54) is 0 Å². The van der Waals surface area contributed by atoms with E-state index in [1.54, 1.807) is 11.8 Å². The van der Waals surface area contributed by atoms with Crippen molar-refractivity contribution in [2.75, 3.05) is 0 Å². The fraction of sp³-hybridized carbons (Fsp3) is 0.0952. The first-order valence-electron chi connectivity index (χ1n) is 7.89. The largest absolute Gasteiger partial charge is 0.483 e. The molecule has 0 saturated heterocycles. The molecule has 1 aliphatic rings. The van der Waals surface area contributed by atoms with Gasteiger partial charge in [0, 0.05) is 4.90 Å². The molecule has 0 aliphatic carbocycles. The Balaban J connectivity index is 1.76. The van der Waals surface area contributed by atoms with Crippen LogP contribution in [0.4, 0.5) is 0 Å². The van der Waals surface area contributed by atoms with Crippen LogP contribution in [-0.2, 0) is 0 Å². The summed E-state index contributed by atoms with van der Waals surface area (Å²) in [4.78, 5) is 14.2. The van der Waals surface area contributed by atoms with Gasteiger partial charge in [-0.05, 0) is 29.8 Å². The van der Waals surface area contributed by atoms with Gasteiger partial charge in [0.05, 0.1) is 5.56 Å². The summed E-state index contributed by atoms with van der Waals surface area (Å²) in [5, 5.41) is -0.301. The minimum Gasteiger partial charge on any atom is -0.483 e. The van der Waals surface area contributed by atoms with E-state index in [2.05, 4.69) is 0 Å². The van der Waals surface area contributed by atoms with E-state index < -0.39 is 0 Å². The predicted octanol–water partition coefficient (Wildman–Crippen LogP) is 5.16. The van der Waals surface area contributed by atoms with Crippen LogP contribution in [0.3, 0.4) is 0 Å². The number of carbonyl (C=O) groups excluding carboxylic acids is 1. The number of ether oxygens (including phenoxy) is 1. The number of hydrogen-bond acceptors (Lipinski definition) is 3. The lowest BCUT2D eigenvalue weighted by Gasteiger charge is -2.32. The second kappa shape index (κ2) is 6.54. The number of fused-ring (bicyclic) bond motifs is 1. The minimum absolute atomic E-state index is 0.125. The molecule has 3 aromatic rings. The number of rotatable bonds is 3. The van der Waals surface area contributed by atoms with Crippen LogP contribution >= 0.6 is 11.8 Å². The van der Waals surface area contributed by atoms with Crippen LogP contribution in [0.1, 0.15) is 22.0 Å². The number of Topliss-reactive ketones (excluding diaryl/α,β-unsaturated/α-hetero) is 1. The van der Waals surface area contributed by atoms with Crippen molar-refractivity contribution in [3.05, 3.63) is 96.1 Å². The second-order valence-corrected chi connectivity index (χ2v) is 6.88. The van der Waals surface area contributed by atoms with E-state index in [0.717, 1.165) is 10.5 Å². The lowest BCUT2D eigenvalue weighted by molar-refractivity contribution is 0.0867. The molecule has 0 aromatic heterocycles. The monoisotopic (exact) mass is 332 g/mol. The van der Waals surface area contributed by atoms with Crippen LogP contribution in [-0.4, -0.2) is 11.0 Å². The van der Waals surface area contributed by atoms with Crippen LogP contribution in [0.2, 0.25) is 0 Å². The van der Waals surface area contributed by atoms with Gasteiger partial charge in [-0.25, -0.2) is 0 Å². The number of para-hydroxylation sites is 1. The lowest BCUT2D eigenvalue weighted by Crippen LogP contribution is -2.34. The number of ketones is 1. The van der Waals surface area contributed by atoms with Gasteiger partial charge >= 0.3 is 0 Å². The highest BCUT2D eigenvalue weighted by Crippen LogP contribution is 2.42. The Morgan fingerprint density at radius 2 is 1.38 bits per heavy atom. The Kier molecular flexibility index (Phi) is 4.09. The zero-order valence-electron chi connectivity index (χ0n) is 13.0. The third-order valence-corrected chi connectivity index (χ3v) is 5.33. The molecule has 24 heavy (non-hydrogen) atoms. The molecule has 118 valence electrons. The van der Waals surface area contributed by atoms with Gasteiger partial charge in [-0.3, -0.25) is 4.79 Å². The molecule has 3 heteroatoms. The molecule has 0 saturated carbocycles. The molecule has 4 rings (SSSR count). The molecule has 0 amide bonds. The van der Waals surface area contributed by atoms with Gasteiger partial charge in [0.15, 0.2) is 5.78 Å². The zero-order valence-corrected chi connectivity index (χ0v) is 13.8. The van der Waals surface area contributed by atoms with E-state index in [-0.39, 0.29) is 17.1 Å². The maximum atomic E-state index is 13.1. The quantitative estimate of drug-likeness (QED) is 0.662. The van der Waals surface area contributed by atoms with Crippen molar-refractivity contribution in [1.82, 2.24) is 0 Å². The van der Waals surface area contributed by atoms with Crippen molar-refractivity contribution < 1.29 is 9.53 Å². The van der Waals surface area contributed by atoms with Crippen molar-refractivity contribution in [2.24, 2.45) is 0 Å². The first-order valence-corrected chi connectivity index (χ1v) is 8.77. The summed E-state index contributed by atoms with van der Waals surface area (Å²) in [6, 6.07) is 27.5. The fourth-order valence-electron chi connectivity index (χ4n) is 2.91. The van der Waals surface area contributed by atoms with Crippen LogP contribution in [0.5, 0.6) is 5.75 Å². The Hall–Kier alpha value is -2.52. The molecule has 0 N–H and O–H groups in total. The average Bonchev–Trinajstić information content (AvgIpc) is 2.65. The molecular weight excluding hydrogens is 316 g/mol. The Morgan fingerprint density at radius 3 is 2.12 bits per heavy atom. The van der Waals surface area contributed by atoms with Gasteiger partial charge in [0.1, 0.15) is 17.1 Å². The number of carbonyl (C=O) groups is 1. The van der Waals surface area contributed by atoms with Gasteiger partial charge in [-0.1, -0.05) is 60.7 Å². The summed E-state index contributed by atoms with van der Waals surface area (Å²) in [5.41, 5.74) is 1.69. The second-order valence-electron chi connectivity index (χ2n) is 5.66. The molecule has 2 atom stereocenters. The highest BCUT2D eigenvalue weighted by molar-refractivity contribution is 8.00. The van der Waals surface area contributed by atoms with Crippen LogP contribution < -0.4 is 4.74 Å². The molecule has 2 nitrogen and oxygen atoms in total. The van der Waals surface area contributed by atoms with Gasteiger partial charge in [0.2, 0.25) is 0 Å². The average molecular weight is 332 g/mol. The molecule has 0 radical (unpaired) electrons. The predicted molar refractivity (Wildman–Crippen MR) is 96.7 cm³/mol. The Bertz CT molecular complexity index is 846. The van der Waals surface area contributed by atoms with Crippen LogP contribution in [0.15, 0.2) is 89.8 Å². The highest BCUT2D eigenvalue weighted by Gasteiger charge is 2.38. The zero-order chi connectivity index (χ0) is 16.4. The summed E-state index contributed by atoms with van der Waals surface area (Å²) in [7, 11) is 0. The highest BCUT2D eigenvalue weighted by atomic mass is 32.2. The molecule has 0 bridgehead atoms. The van der Waals surface area contributed by atoms with E-state index in [0.29, 0.717) is 11.3 Å². The van der Waals surface area contributed by atoms with E-state index >= 15 is 0 Å². The summed E-state index contributed by atoms with van der Waals surface area (Å²) >= 11 is 1.56. The van der Waals surface area contributed by atoms with Gasteiger partial charge in [0.25, 0.3) is 0 Å². The molecule has 0 spiro atoms. The fourth-order valence-corrected chi connectivity index (χ4v) is 4.09. The first-order chi connectivity index (χ1) is 11.8. The molecule has 1 heterocycles. The maximum absolute atomic E-state index is 13.1. The van der Waals surface area contributed by atoms with Crippen molar-refractivity contribution in [2.45, 2.75) is 16.2 Å². The summed E-state index contributed by atoms with van der Waals surface area (Å²) in [5.74, 6) is 0.792. The maximum Gasteiger partial charge on any atom is 0.184 e. The number of hydrogen-bond donors (Lipinski definition) is 0. The van der Waals surface area contributed by atoms with Gasteiger partial charge in [-0.2, -0.15) is 0 Å². The standard InChI is InChI=1S/C21H16O2S/c22-19-17-13-7-8-14-18(17)23-20(15-9-3-1-4-10-15)21(19)24-16-11-5-2-6-12-16/h1-14,20-21H/t20-,21-/m0/s1. The van der Waals surface area contributed by atoms with Crippen molar-refractivity contribution in [3.8, 4) is 5.75 Å². The van der Waals surface area contributed by atoms with Crippen molar-refractivity contribution >= 4 is 17.5 Å². The minimum atomic E-state index is -0.301. The molecule has 0 unspecified atom stereocenters.